The Labute approximate surface area is 96.7 Å². The molecule has 0 atom stereocenters. The third kappa shape index (κ3) is 3.62. The van der Waals surface area contributed by atoms with Gasteiger partial charge in [-0.25, -0.2) is 0 Å². The van der Waals surface area contributed by atoms with Crippen LogP contribution < -0.4 is 4.90 Å². The maximum Gasteiger partial charge on any atom is 0.411 e. The first-order valence-electron chi connectivity index (χ1n) is 5.47. The highest BCUT2D eigenvalue weighted by Crippen LogP contribution is 2.22. The molecule has 7 heteroatoms. The molecule has 0 aliphatic carbocycles. The van der Waals surface area contributed by atoms with Gasteiger partial charge < -0.3 is 9.64 Å². The van der Waals surface area contributed by atoms with Crippen molar-refractivity contribution in [2.75, 3.05) is 24.6 Å². The zero-order chi connectivity index (χ0) is 12.3. The molecule has 4 nitrogen and oxygen atoms in total. The normalized spacial score (nSPS) is 18.6. The Balaban J connectivity index is 1.75. The standard InChI is InChI=1S/C10H14F3N3O/c11-10(12,13)7-17-8-2-5-16(6-3-8)9-1-4-14-15-9/h1,4,8H,2-3,5-7H2,(H,14,15). The summed E-state index contributed by atoms with van der Waals surface area (Å²) in [6.07, 6.45) is -1.66. The molecule has 0 radical (unpaired) electrons. The molecule has 1 aromatic heterocycles. The maximum absolute atomic E-state index is 12.0. The molecular formula is C10H14F3N3O. The van der Waals surface area contributed by atoms with Crippen molar-refractivity contribution in [2.45, 2.75) is 25.1 Å². The Morgan fingerprint density at radius 3 is 2.65 bits per heavy atom. The minimum absolute atomic E-state index is 0.296. The van der Waals surface area contributed by atoms with Gasteiger partial charge in [0.25, 0.3) is 0 Å². The monoisotopic (exact) mass is 249 g/mol. The van der Waals surface area contributed by atoms with Crippen molar-refractivity contribution in [1.82, 2.24) is 10.2 Å². The highest BCUT2D eigenvalue weighted by atomic mass is 19.4. The third-order valence-electron chi connectivity index (χ3n) is 2.75. The molecular weight excluding hydrogens is 235 g/mol. The lowest BCUT2D eigenvalue weighted by molar-refractivity contribution is -0.186. The Morgan fingerprint density at radius 2 is 2.12 bits per heavy atom. The summed E-state index contributed by atoms with van der Waals surface area (Å²) in [5.74, 6) is 0.902. The lowest BCUT2D eigenvalue weighted by Crippen LogP contribution is -2.38. The molecule has 96 valence electrons. The molecule has 0 saturated carbocycles. The van der Waals surface area contributed by atoms with E-state index in [1.54, 1.807) is 6.20 Å². The zero-order valence-corrected chi connectivity index (χ0v) is 9.20. The van der Waals surface area contributed by atoms with Crippen LogP contribution in [0.5, 0.6) is 0 Å². The minimum Gasteiger partial charge on any atom is -0.369 e. The van der Waals surface area contributed by atoms with Crippen molar-refractivity contribution < 1.29 is 17.9 Å². The fraction of sp³-hybridized carbons (Fsp3) is 0.700. The highest BCUT2D eigenvalue weighted by Gasteiger charge is 2.30. The lowest BCUT2D eigenvalue weighted by Gasteiger charge is -2.32. The highest BCUT2D eigenvalue weighted by molar-refractivity contribution is 5.36. The summed E-state index contributed by atoms with van der Waals surface area (Å²) < 4.78 is 40.7. The van der Waals surface area contributed by atoms with Gasteiger partial charge in [0.15, 0.2) is 0 Å². The predicted molar refractivity (Wildman–Crippen MR) is 55.8 cm³/mol. The second kappa shape index (κ2) is 4.95. The topological polar surface area (TPSA) is 41.1 Å². The smallest absolute Gasteiger partial charge is 0.369 e. The van der Waals surface area contributed by atoms with E-state index in [0.29, 0.717) is 25.9 Å². The van der Waals surface area contributed by atoms with Crippen molar-refractivity contribution in [3.8, 4) is 0 Å². The van der Waals surface area contributed by atoms with Gasteiger partial charge in [-0.2, -0.15) is 18.3 Å². The van der Waals surface area contributed by atoms with Gasteiger partial charge in [0.1, 0.15) is 12.4 Å². The van der Waals surface area contributed by atoms with Gasteiger partial charge in [0, 0.05) is 19.2 Å². The van der Waals surface area contributed by atoms with Crippen LogP contribution in [0.4, 0.5) is 19.0 Å². The summed E-state index contributed by atoms with van der Waals surface area (Å²) in [5.41, 5.74) is 0. The molecule has 2 rings (SSSR count). The predicted octanol–water partition coefficient (Wildman–Crippen LogP) is 1.96. The van der Waals surface area contributed by atoms with Crippen LogP contribution in [-0.4, -0.2) is 42.2 Å². The average molecular weight is 249 g/mol. The van der Waals surface area contributed by atoms with E-state index in [-0.39, 0.29) is 6.10 Å². The van der Waals surface area contributed by atoms with Crippen molar-refractivity contribution >= 4 is 5.82 Å². The lowest BCUT2D eigenvalue weighted by atomic mass is 10.1. The molecule has 0 aromatic carbocycles. The molecule has 0 bridgehead atoms. The largest absolute Gasteiger partial charge is 0.411 e. The summed E-state index contributed by atoms with van der Waals surface area (Å²) in [6, 6.07) is 1.84. The number of piperidine rings is 1. The average Bonchev–Trinajstić information content (AvgIpc) is 2.79. The van der Waals surface area contributed by atoms with E-state index in [0.717, 1.165) is 5.82 Å². The summed E-state index contributed by atoms with van der Waals surface area (Å²) in [6.45, 7) is 0.219. The van der Waals surface area contributed by atoms with Gasteiger partial charge in [-0.3, -0.25) is 5.10 Å². The van der Waals surface area contributed by atoms with E-state index in [2.05, 4.69) is 15.1 Å². The van der Waals surface area contributed by atoms with Crippen molar-refractivity contribution in [3.63, 3.8) is 0 Å². The van der Waals surface area contributed by atoms with E-state index in [4.69, 9.17) is 4.74 Å². The number of H-pyrrole nitrogens is 1. The molecule has 17 heavy (non-hydrogen) atoms. The van der Waals surface area contributed by atoms with E-state index in [1.165, 1.54) is 0 Å². The summed E-state index contributed by atoms with van der Waals surface area (Å²) in [7, 11) is 0. The first-order chi connectivity index (χ1) is 8.04. The first-order valence-corrected chi connectivity index (χ1v) is 5.47. The Morgan fingerprint density at radius 1 is 1.41 bits per heavy atom. The number of nitrogens with zero attached hydrogens (tertiary/aromatic N) is 2. The fourth-order valence-corrected chi connectivity index (χ4v) is 1.90. The number of alkyl halides is 3. The molecule has 0 amide bonds. The third-order valence-corrected chi connectivity index (χ3v) is 2.75. The van der Waals surface area contributed by atoms with Gasteiger partial charge in [-0.15, -0.1) is 0 Å². The number of nitrogens with one attached hydrogen (secondary N) is 1. The number of rotatable bonds is 3. The number of halogens is 3. The molecule has 0 unspecified atom stereocenters. The number of hydrogen-bond donors (Lipinski definition) is 1. The number of aromatic nitrogens is 2. The van der Waals surface area contributed by atoms with Crippen molar-refractivity contribution in [3.05, 3.63) is 12.3 Å². The summed E-state index contributed by atoms with van der Waals surface area (Å²) in [4.78, 5) is 2.06. The fourth-order valence-electron chi connectivity index (χ4n) is 1.90. The number of hydrogen-bond acceptors (Lipinski definition) is 3. The summed E-state index contributed by atoms with van der Waals surface area (Å²) >= 11 is 0. The molecule has 1 aliphatic heterocycles. The SMILES string of the molecule is FC(F)(F)COC1CCN(c2ccn[nH]2)CC1. The van der Waals surface area contributed by atoms with E-state index in [1.807, 2.05) is 6.07 Å². The molecule has 2 heterocycles. The summed E-state index contributed by atoms with van der Waals surface area (Å²) in [5, 5.41) is 6.67. The second-order valence-electron chi connectivity index (χ2n) is 4.05. The van der Waals surface area contributed by atoms with Crippen LogP contribution in [0.25, 0.3) is 0 Å². The Bertz CT molecular complexity index is 331. The van der Waals surface area contributed by atoms with Crippen LogP contribution in [0, 0.1) is 0 Å². The van der Waals surface area contributed by atoms with Crippen LogP contribution >= 0.6 is 0 Å². The van der Waals surface area contributed by atoms with E-state index >= 15 is 0 Å². The molecule has 0 spiro atoms. The van der Waals surface area contributed by atoms with Gasteiger partial charge in [-0.1, -0.05) is 0 Å². The van der Waals surface area contributed by atoms with Crippen LogP contribution in [0.3, 0.4) is 0 Å². The molecule has 1 aromatic rings. The van der Waals surface area contributed by atoms with Gasteiger partial charge >= 0.3 is 6.18 Å². The molecule has 1 N–H and O–H groups in total. The van der Waals surface area contributed by atoms with Crippen LogP contribution in [0.15, 0.2) is 12.3 Å². The molecule has 1 fully saturated rings. The minimum atomic E-state index is -4.24. The maximum atomic E-state index is 12.0. The van der Waals surface area contributed by atoms with E-state index < -0.39 is 12.8 Å². The Kier molecular flexibility index (Phi) is 3.56. The second-order valence-corrected chi connectivity index (χ2v) is 4.05. The van der Waals surface area contributed by atoms with Gasteiger partial charge in [0.05, 0.1) is 12.3 Å². The zero-order valence-electron chi connectivity index (χ0n) is 9.20. The van der Waals surface area contributed by atoms with Gasteiger partial charge in [0.2, 0.25) is 0 Å². The first kappa shape index (κ1) is 12.2. The van der Waals surface area contributed by atoms with Crippen LogP contribution in [-0.2, 0) is 4.74 Å². The van der Waals surface area contributed by atoms with Crippen molar-refractivity contribution in [1.29, 1.82) is 0 Å². The van der Waals surface area contributed by atoms with Crippen molar-refractivity contribution in [2.24, 2.45) is 0 Å². The Hall–Kier alpha value is -1.24. The molecule has 1 aliphatic rings. The number of anilines is 1. The number of ether oxygens (including phenoxy) is 1. The van der Waals surface area contributed by atoms with Gasteiger partial charge in [-0.05, 0) is 12.8 Å². The van der Waals surface area contributed by atoms with E-state index in [9.17, 15) is 13.2 Å². The van der Waals surface area contributed by atoms with Crippen LogP contribution in [0.1, 0.15) is 12.8 Å². The van der Waals surface area contributed by atoms with Crippen LogP contribution in [0.2, 0.25) is 0 Å². The molecule has 1 saturated heterocycles. The quantitative estimate of drug-likeness (QED) is 0.890. The number of aromatic amines is 1.